The van der Waals surface area contributed by atoms with Crippen molar-refractivity contribution in [3.8, 4) is 0 Å². The normalized spacial score (nSPS) is 28.6. The van der Waals surface area contributed by atoms with Crippen LogP contribution in [0, 0.1) is 0 Å². The van der Waals surface area contributed by atoms with Gasteiger partial charge in [-0.2, -0.15) is 0 Å². The van der Waals surface area contributed by atoms with E-state index in [-0.39, 0.29) is 5.91 Å². The molecule has 5 heteroatoms. The molecule has 104 valence electrons. The summed E-state index contributed by atoms with van der Waals surface area (Å²) in [5, 5.41) is 3.31. The number of carbonyl (C=O) groups excluding carboxylic acids is 1. The van der Waals surface area contributed by atoms with E-state index in [0.717, 1.165) is 39.0 Å². The minimum atomic E-state index is 0.228. The Bertz CT molecular complexity index is 267. The largest absolute Gasteiger partial charge is 0.378 e. The fourth-order valence-electron chi connectivity index (χ4n) is 2.46. The maximum atomic E-state index is 11.8. The highest BCUT2D eigenvalue weighted by Crippen LogP contribution is 2.17. The van der Waals surface area contributed by atoms with Gasteiger partial charge in [-0.05, 0) is 19.8 Å². The minimum absolute atomic E-state index is 0.228. The summed E-state index contributed by atoms with van der Waals surface area (Å²) in [6.07, 6.45) is 3.58. The van der Waals surface area contributed by atoms with Crippen molar-refractivity contribution in [2.24, 2.45) is 0 Å². The third-order valence-corrected chi connectivity index (χ3v) is 3.57. The van der Waals surface area contributed by atoms with Gasteiger partial charge in [-0.3, -0.25) is 4.79 Å². The lowest BCUT2D eigenvalue weighted by molar-refractivity contribution is -0.135. The summed E-state index contributed by atoms with van der Waals surface area (Å²) in [5.41, 5.74) is 0. The number of rotatable bonds is 5. The van der Waals surface area contributed by atoms with Crippen molar-refractivity contribution in [2.45, 2.75) is 38.4 Å². The van der Waals surface area contributed by atoms with Crippen molar-refractivity contribution in [1.29, 1.82) is 0 Å². The van der Waals surface area contributed by atoms with Gasteiger partial charge in [0, 0.05) is 32.6 Å². The molecule has 2 saturated heterocycles. The Morgan fingerprint density at radius 3 is 2.78 bits per heavy atom. The summed E-state index contributed by atoms with van der Waals surface area (Å²) in [7, 11) is 0. The minimum Gasteiger partial charge on any atom is -0.378 e. The molecular formula is C13H24N2O3. The lowest BCUT2D eigenvalue weighted by atomic mass is 10.2. The average molecular weight is 256 g/mol. The molecule has 0 aromatic rings. The first-order valence-electron chi connectivity index (χ1n) is 6.97. The summed E-state index contributed by atoms with van der Waals surface area (Å²) < 4.78 is 10.9. The molecule has 2 aliphatic rings. The number of amides is 1. The van der Waals surface area contributed by atoms with Crippen molar-refractivity contribution >= 4 is 5.91 Å². The fraction of sp³-hybridized carbons (Fsp3) is 0.923. The van der Waals surface area contributed by atoms with Gasteiger partial charge in [-0.15, -0.1) is 0 Å². The first-order valence-corrected chi connectivity index (χ1v) is 6.97. The van der Waals surface area contributed by atoms with Gasteiger partial charge in [0.25, 0.3) is 0 Å². The molecule has 1 amide bonds. The van der Waals surface area contributed by atoms with Crippen molar-refractivity contribution < 1.29 is 14.3 Å². The highest BCUT2D eigenvalue weighted by atomic mass is 16.5. The molecule has 0 aromatic heterocycles. The van der Waals surface area contributed by atoms with Crippen LogP contribution in [-0.2, 0) is 14.3 Å². The topological polar surface area (TPSA) is 50.8 Å². The number of hydrogen-bond acceptors (Lipinski definition) is 4. The van der Waals surface area contributed by atoms with Crippen LogP contribution in [0.25, 0.3) is 0 Å². The predicted molar refractivity (Wildman–Crippen MR) is 68.5 cm³/mol. The second kappa shape index (κ2) is 7.07. The molecule has 0 aromatic carbocycles. The highest BCUT2D eigenvalue weighted by molar-refractivity contribution is 5.76. The number of hydrogen-bond donors (Lipinski definition) is 1. The lowest BCUT2D eigenvalue weighted by Crippen LogP contribution is -2.42. The maximum Gasteiger partial charge on any atom is 0.224 e. The fourth-order valence-corrected chi connectivity index (χ4v) is 2.46. The van der Waals surface area contributed by atoms with E-state index in [4.69, 9.17) is 9.47 Å². The van der Waals surface area contributed by atoms with E-state index in [1.54, 1.807) is 0 Å². The second-order valence-electron chi connectivity index (χ2n) is 5.09. The monoisotopic (exact) mass is 256 g/mol. The lowest BCUT2D eigenvalue weighted by Gasteiger charge is -2.27. The summed E-state index contributed by atoms with van der Waals surface area (Å²) in [6.45, 7) is 6.54. The summed E-state index contributed by atoms with van der Waals surface area (Å²) in [4.78, 5) is 13.7. The standard InChI is InChI=1S/C13H24N2O3/c1-11-2-3-12(18-11)10-14-5-4-13(16)15-6-8-17-9-7-15/h11-12,14H,2-10H2,1H3. The van der Waals surface area contributed by atoms with Crippen LogP contribution >= 0.6 is 0 Å². The quantitative estimate of drug-likeness (QED) is 0.723. The molecule has 2 aliphatic heterocycles. The molecule has 0 saturated carbocycles. The van der Waals surface area contributed by atoms with Gasteiger partial charge in [0.15, 0.2) is 0 Å². The van der Waals surface area contributed by atoms with Crippen LogP contribution in [0.4, 0.5) is 0 Å². The smallest absolute Gasteiger partial charge is 0.224 e. The molecule has 2 atom stereocenters. The highest BCUT2D eigenvalue weighted by Gasteiger charge is 2.21. The van der Waals surface area contributed by atoms with E-state index in [0.29, 0.717) is 31.8 Å². The Morgan fingerprint density at radius 1 is 1.33 bits per heavy atom. The molecule has 0 radical (unpaired) electrons. The van der Waals surface area contributed by atoms with Gasteiger partial charge in [0.05, 0.1) is 25.4 Å². The Balaban J connectivity index is 1.53. The molecule has 0 bridgehead atoms. The van der Waals surface area contributed by atoms with Crippen molar-refractivity contribution in [3.63, 3.8) is 0 Å². The van der Waals surface area contributed by atoms with Crippen molar-refractivity contribution in [3.05, 3.63) is 0 Å². The third kappa shape index (κ3) is 4.23. The first-order chi connectivity index (χ1) is 8.75. The Morgan fingerprint density at radius 2 is 2.11 bits per heavy atom. The van der Waals surface area contributed by atoms with Crippen LogP contribution in [0.15, 0.2) is 0 Å². The zero-order chi connectivity index (χ0) is 12.8. The van der Waals surface area contributed by atoms with E-state index in [1.165, 1.54) is 0 Å². The maximum absolute atomic E-state index is 11.8. The van der Waals surface area contributed by atoms with Gasteiger partial charge in [-0.25, -0.2) is 0 Å². The molecule has 0 spiro atoms. The van der Waals surface area contributed by atoms with Crippen LogP contribution < -0.4 is 5.32 Å². The van der Waals surface area contributed by atoms with Gasteiger partial charge in [0.2, 0.25) is 5.91 Å². The molecular weight excluding hydrogens is 232 g/mol. The van der Waals surface area contributed by atoms with Gasteiger partial charge < -0.3 is 19.7 Å². The summed E-state index contributed by atoms with van der Waals surface area (Å²) in [5.74, 6) is 0.228. The van der Waals surface area contributed by atoms with E-state index in [1.807, 2.05) is 4.90 Å². The molecule has 2 rings (SSSR count). The summed E-state index contributed by atoms with van der Waals surface area (Å²) >= 11 is 0. The molecule has 2 heterocycles. The van der Waals surface area contributed by atoms with E-state index in [9.17, 15) is 4.79 Å². The van der Waals surface area contributed by atoms with Gasteiger partial charge in [-0.1, -0.05) is 0 Å². The van der Waals surface area contributed by atoms with Gasteiger partial charge >= 0.3 is 0 Å². The van der Waals surface area contributed by atoms with Crippen LogP contribution in [-0.4, -0.2) is 62.4 Å². The summed E-state index contributed by atoms with van der Waals surface area (Å²) in [6, 6.07) is 0. The molecule has 18 heavy (non-hydrogen) atoms. The van der Waals surface area contributed by atoms with Crippen molar-refractivity contribution in [2.75, 3.05) is 39.4 Å². The molecule has 2 fully saturated rings. The average Bonchev–Trinajstić information content (AvgIpc) is 2.81. The van der Waals surface area contributed by atoms with Crippen LogP contribution in [0.2, 0.25) is 0 Å². The number of carbonyl (C=O) groups is 1. The molecule has 2 unspecified atom stereocenters. The van der Waals surface area contributed by atoms with Gasteiger partial charge in [0.1, 0.15) is 0 Å². The molecule has 5 nitrogen and oxygen atoms in total. The second-order valence-corrected chi connectivity index (χ2v) is 5.09. The zero-order valence-corrected chi connectivity index (χ0v) is 11.2. The number of nitrogens with zero attached hydrogens (tertiary/aromatic N) is 1. The Kier molecular flexibility index (Phi) is 5.41. The number of nitrogens with one attached hydrogen (secondary N) is 1. The first kappa shape index (κ1) is 13.8. The molecule has 1 N–H and O–H groups in total. The van der Waals surface area contributed by atoms with Crippen LogP contribution in [0.1, 0.15) is 26.2 Å². The third-order valence-electron chi connectivity index (χ3n) is 3.57. The molecule has 0 aliphatic carbocycles. The predicted octanol–water partition coefficient (Wildman–Crippen LogP) is 0.392. The van der Waals surface area contributed by atoms with E-state index >= 15 is 0 Å². The number of morpholine rings is 1. The van der Waals surface area contributed by atoms with Crippen molar-refractivity contribution in [1.82, 2.24) is 10.2 Å². The SMILES string of the molecule is CC1CCC(CNCCC(=O)N2CCOCC2)O1. The van der Waals surface area contributed by atoms with E-state index in [2.05, 4.69) is 12.2 Å². The van der Waals surface area contributed by atoms with Crippen LogP contribution in [0.5, 0.6) is 0 Å². The number of ether oxygens (including phenoxy) is 2. The zero-order valence-electron chi connectivity index (χ0n) is 11.2. The Hall–Kier alpha value is -0.650. The van der Waals surface area contributed by atoms with Crippen LogP contribution in [0.3, 0.4) is 0 Å². The van der Waals surface area contributed by atoms with E-state index < -0.39 is 0 Å². The Labute approximate surface area is 109 Å².